The zero-order valence-corrected chi connectivity index (χ0v) is 18.8. The number of methoxy groups -OCH3 is 1. The lowest BCUT2D eigenvalue weighted by molar-refractivity contribution is 0.182. The van der Waals surface area contributed by atoms with Crippen LogP contribution in [-0.2, 0) is 21.3 Å². The summed E-state index contributed by atoms with van der Waals surface area (Å²) in [7, 11) is -1.94. The molecule has 1 aliphatic heterocycles. The SMILES string of the molecule is COCCn1nc(C2CCCN(S(=O)(=O)c3ccc(Br)s3)C2)n(C2CC2)c1=O. The molecule has 11 heteroatoms. The Labute approximate surface area is 176 Å². The lowest BCUT2D eigenvalue weighted by atomic mass is 9.99. The molecule has 28 heavy (non-hydrogen) atoms. The Morgan fingerprint density at radius 2 is 2.11 bits per heavy atom. The van der Waals surface area contributed by atoms with Crippen molar-refractivity contribution in [2.24, 2.45) is 0 Å². The van der Waals surface area contributed by atoms with E-state index in [9.17, 15) is 13.2 Å². The zero-order valence-electron chi connectivity index (χ0n) is 15.6. The topological polar surface area (TPSA) is 86.4 Å². The molecule has 1 aliphatic carbocycles. The molecule has 0 N–H and O–H groups in total. The van der Waals surface area contributed by atoms with Crippen LogP contribution < -0.4 is 5.69 Å². The summed E-state index contributed by atoms with van der Waals surface area (Å²) in [6.07, 6.45) is 3.52. The second kappa shape index (κ2) is 8.02. The Morgan fingerprint density at radius 1 is 1.32 bits per heavy atom. The van der Waals surface area contributed by atoms with Gasteiger partial charge in [-0.2, -0.15) is 9.40 Å². The summed E-state index contributed by atoms with van der Waals surface area (Å²) < 4.78 is 37.1. The molecule has 154 valence electrons. The molecule has 0 aromatic carbocycles. The van der Waals surface area contributed by atoms with Crippen molar-refractivity contribution in [3.05, 3.63) is 32.2 Å². The van der Waals surface area contributed by atoms with E-state index in [4.69, 9.17) is 4.74 Å². The van der Waals surface area contributed by atoms with Crippen molar-refractivity contribution >= 4 is 37.3 Å². The highest BCUT2D eigenvalue weighted by Gasteiger charge is 2.37. The van der Waals surface area contributed by atoms with Crippen LogP contribution in [0.3, 0.4) is 0 Å². The van der Waals surface area contributed by atoms with Gasteiger partial charge in [0.15, 0.2) is 0 Å². The number of halogens is 1. The molecule has 1 unspecified atom stereocenters. The van der Waals surface area contributed by atoms with Crippen LogP contribution >= 0.6 is 27.3 Å². The first-order valence-electron chi connectivity index (χ1n) is 9.35. The fourth-order valence-electron chi connectivity index (χ4n) is 3.65. The van der Waals surface area contributed by atoms with Gasteiger partial charge in [-0.05, 0) is 53.7 Å². The van der Waals surface area contributed by atoms with Gasteiger partial charge in [0.05, 0.1) is 16.9 Å². The summed E-state index contributed by atoms with van der Waals surface area (Å²) in [6.45, 7) is 1.66. The summed E-state index contributed by atoms with van der Waals surface area (Å²) in [5.41, 5.74) is -0.114. The van der Waals surface area contributed by atoms with E-state index in [1.54, 1.807) is 23.8 Å². The average Bonchev–Trinajstić information content (AvgIpc) is 3.33. The van der Waals surface area contributed by atoms with E-state index in [1.807, 2.05) is 0 Å². The third kappa shape index (κ3) is 3.87. The summed E-state index contributed by atoms with van der Waals surface area (Å²) in [5, 5.41) is 4.59. The number of piperidine rings is 1. The van der Waals surface area contributed by atoms with Crippen molar-refractivity contribution in [3.8, 4) is 0 Å². The van der Waals surface area contributed by atoms with E-state index in [-0.39, 0.29) is 17.6 Å². The number of hydrogen-bond acceptors (Lipinski definition) is 6. The van der Waals surface area contributed by atoms with Gasteiger partial charge in [0.2, 0.25) is 0 Å². The first-order chi connectivity index (χ1) is 13.4. The van der Waals surface area contributed by atoms with Crippen LogP contribution in [0.25, 0.3) is 0 Å². The van der Waals surface area contributed by atoms with Gasteiger partial charge < -0.3 is 4.74 Å². The van der Waals surface area contributed by atoms with E-state index in [2.05, 4.69) is 21.0 Å². The number of rotatable bonds is 7. The number of nitrogens with zero attached hydrogens (tertiary/aromatic N) is 4. The van der Waals surface area contributed by atoms with E-state index >= 15 is 0 Å². The van der Waals surface area contributed by atoms with Crippen molar-refractivity contribution in [3.63, 3.8) is 0 Å². The van der Waals surface area contributed by atoms with E-state index < -0.39 is 10.0 Å². The second-order valence-electron chi connectivity index (χ2n) is 7.22. The van der Waals surface area contributed by atoms with Gasteiger partial charge in [0, 0.05) is 32.2 Å². The lowest BCUT2D eigenvalue weighted by Gasteiger charge is -2.31. The molecule has 1 atom stereocenters. The summed E-state index contributed by atoms with van der Waals surface area (Å²) in [6, 6.07) is 3.58. The molecular formula is C17H23BrN4O4S2. The Hall–Kier alpha value is -1.01. The molecule has 0 spiro atoms. The lowest BCUT2D eigenvalue weighted by Crippen LogP contribution is -2.39. The van der Waals surface area contributed by atoms with Crippen molar-refractivity contribution in [1.82, 2.24) is 18.7 Å². The van der Waals surface area contributed by atoms with Gasteiger partial charge in [0.25, 0.3) is 10.0 Å². The average molecular weight is 491 g/mol. The molecule has 0 amide bonds. The monoisotopic (exact) mass is 490 g/mol. The van der Waals surface area contributed by atoms with Crippen molar-refractivity contribution in [1.29, 1.82) is 0 Å². The Bertz CT molecular complexity index is 1010. The number of thiophene rings is 1. The Kier molecular flexibility index (Phi) is 5.81. The second-order valence-corrected chi connectivity index (χ2v) is 11.8. The van der Waals surface area contributed by atoms with Crippen LogP contribution in [0.5, 0.6) is 0 Å². The molecule has 8 nitrogen and oxygen atoms in total. The minimum Gasteiger partial charge on any atom is -0.383 e. The van der Waals surface area contributed by atoms with Crippen LogP contribution in [0.1, 0.15) is 43.5 Å². The van der Waals surface area contributed by atoms with Crippen LogP contribution in [0.15, 0.2) is 24.9 Å². The third-order valence-electron chi connectivity index (χ3n) is 5.21. The van der Waals surface area contributed by atoms with Gasteiger partial charge >= 0.3 is 5.69 Å². The molecule has 4 rings (SSSR count). The first kappa shape index (κ1) is 20.3. The molecular weight excluding hydrogens is 468 g/mol. The van der Waals surface area contributed by atoms with Gasteiger partial charge in [-0.3, -0.25) is 4.57 Å². The molecule has 1 saturated carbocycles. The minimum atomic E-state index is -3.54. The van der Waals surface area contributed by atoms with Gasteiger partial charge in [-0.15, -0.1) is 11.3 Å². The summed E-state index contributed by atoms with van der Waals surface area (Å²) in [4.78, 5) is 12.8. The fourth-order valence-corrected chi connectivity index (χ4v) is 7.34. The van der Waals surface area contributed by atoms with Crippen molar-refractivity contribution < 1.29 is 13.2 Å². The summed E-state index contributed by atoms with van der Waals surface area (Å²) >= 11 is 4.55. The van der Waals surface area contributed by atoms with E-state index in [0.717, 1.165) is 35.3 Å². The number of aromatic nitrogens is 3. The van der Waals surface area contributed by atoms with E-state index in [0.29, 0.717) is 30.5 Å². The largest absolute Gasteiger partial charge is 0.383 e. The highest BCUT2D eigenvalue weighted by Crippen LogP contribution is 2.38. The predicted octanol–water partition coefficient (Wildman–Crippen LogP) is 2.42. The molecule has 2 fully saturated rings. The zero-order chi connectivity index (χ0) is 19.9. The number of ether oxygens (including phenoxy) is 1. The van der Waals surface area contributed by atoms with Crippen LogP contribution in [-0.4, -0.2) is 53.9 Å². The van der Waals surface area contributed by atoms with E-state index in [1.165, 1.54) is 20.3 Å². The molecule has 0 bridgehead atoms. The quantitative estimate of drug-likeness (QED) is 0.594. The Balaban J connectivity index is 1.62. The van der Waals surface area contributed by atoms with Gasteiger partial charge in [0.1, 0.15) is 10.0 Å². The van der Waals surface area contributed by atoms with Gasteiger partial charge in [-0.1, -0.05) is 0 Å². The molecule has 0 radical (unpaired) electrons. The third-order valence-corrected chi connectivity index (χ3v) is 9.16. The van der Waals surface area contributed by atoms with Crippen LogP contribution in [0, 0.1) is 0 Å². The molecule has 2 aromatic rings. The molecule has 1 saturated heterocycles. The molecule has 3 heterocycles. The van der Waals surface area contributed by atoms with Crippen LogP contribution in [0.2, 0.25) is 0 Å². The smallest absolute Gasteiger partial charge is 0.346 e. The standard InChI is InChI=1S/C17H23BrN4O4S2/c1-26-10-9-21-17(23)22(13-4-5-13)16(19-21)12-3-2-8-20(11-12)28(24,25)15-7-6-14(18)27-15/h6-7,12-13H,2-5,8-11H2,1H3. The normalized spacial score (nSPS) is 21.3. The fraction of sp³-hybridized carbons (Fsp3) is 0.647. The minimum absolute atomic E-state index is 0.0796. The maximum Gasteiger partial charge on any atom is 0.346 e. The maximum atomic E-state index is 13.0. The molecule has 2 aliphatic rings. The van der Waals surface area contributed by atoms with Crippen molar-refractivity contribution in [2.45, 2.75) is 48.4 Å². The predicted molar refractivity (Wildman–Crippen MR) is 109 cm³/mol. The first-order valence-corrected chi connectivity index (χ1v) is 12.4. The maximum absolute atomic E-state index is 13.0. The van der Waals surface area contributed by atoms with Gasteiger partial charge in [-0.25, -0.2) is 17.9 Å². The van der Waals surface area contributed by atoms with Crippen LogP contribution in [0.4, 0.5) is 0 Å². The highest BCUT2D eigenvalue weighted by molar-refractivity contribution is 9.11. The molecule has 2 aromatic heterocycles. The van der Waals surface area contributed by atoms with Crippen molar-refractivity contribution in [2.75, 3.05) is 26.8 Å². The highest BCUT2D eigenvalue weighted by atomic mass is 79.9. The Morgan fingerprint density at radius 3 is 2.75 bits per heavy atom. The number of sulfonamides is 1. The summed E-state index contributed by atoms with van der Waals surface area (Å²) in [5.74, 6) is 0.639. The number of hydrogen-bond donors (Lipinski definition) is 0.